The van der Waals surface area contributed by atoms with Gasteiger partial charge in [-0.3, -0.25) is 0 Å². The van der Waals surface area contributed by atoms with Crippen LogP contribution in [-0.2, 0) is 4.74 Å². The van der Waals surface area contributed by atoms with Crippen LogP contribution in [0.15, 0.2) is 54.9 Å². The largest absolute Gasteiger partial charge is 0.494 e. The molecule has 0 saturated carbocycles. The number of halogens is 4. The van der Waals surface area contributed by atoms with Gasteiger partial charge < -0.3 is 14.2 Å². The molecule has 0 aliphatic heterocycles. The number of esters is 2. The highest BCUT2D eigenvalue weighted by Crippen LogP contribution is 2.29. The normalized spacial score (nSPS) is 12.0. The van der Waals surface area contributed by atoms with Gasteiger partial charge in [0.15, 0.2) is 11.9 Å². The summed E-state index contributed by atoms with van der Waals surface area (Å²) in [5, 5.41) is 0. The Kier molecular flexibility index (Phi) is 17.0. The van der Waals surface area contributed by atoms with E-state index in [1.165, 1.54) is 50.9 Å². The zero-order valence-electron chi connectivity index (χ0n) is 28.5. The van der Waals surface area contributed by atoms with Gasteiger partial charge in [-0.15, -0.1) is 0 Å². The fourth-order valence-corrected chi connectivity index (χ4v) is 5.19. The average Bonchev–Trinajstić information content (AvgIpc) is 3.08. The predicted octanol–water partition coefficient (Wildman–Crippen LogP) is 10.9. The van der Waals surface area contributed by atoms with Crippen LogP contribution in [-0.4, -0.2) is 40.8 Å². The van der Waals surface area contributed by atoms with Crippen molar-refractivity contribution in [3.63, 3.8) is 0 Å². The van der Waals surface area contributed by atoms with Crippen molar-refractivity contribution in [1.29, 1.82) is 0 Å². The predicted molar refractivity (Wildman–Crippen MR) is 180 cm³/mol. The van der Waals surface area contributed by atoms with Crippen LogP contribution in [0.4, 0.5) is 17.6 Å². The molecule has 0 bridgehead atoms. The highest BCUT2D eigenvalue weighted by molar-refractivity contribution is 5.92. The molecule has 1 unspecified atom stereocenters. The minimum atomic E-state index is -4.78. The van der Waals surface area contributed by atoms with Crippen molar-refractivity contribution in [2.45, 2.75) is 122 Å². The zero-order valence-corrected chi connectivity index (χ0v) is 28.5. The quantitative estimate of drug-likeness (QED) is 0.0449. The maximum Gasteiger partial charge on any atom is 0.425 e. The second-order valence-electron chi connectivity index (χ2n) is 12.2. The van der Waals surface area contributed by atoms with Gasteiger partial charge in [0, 0.05) is 24.0 Å². The molecular weight excluding hydrogens is 640 g/mol. The van der Waals surface area contributed by atoms with Gasteiger partial charge in [0.25, 0.3) is 0 Å². The Morgan fingerprint density at radius 1 is 0.714 bits per heavy atom. The number of ether oxygens (including phenoxy) is 3. The van der Waals surface area contributed by atoms with E-state index in [1.54, 1.807) is 0 Å². The molecule has 11 heteroatoms. The molecule has 0 saturated heterocycles. The summed E-state index contributed by atoms with van der Waals surface area (Å²) < 4.78 is 70.9. The zero-order chi connectivity index (χ0) is 35.5. The number of unbranched alkanes of at least 4 members (excludes halogenated alkanes) is 12. The van der Waals surface area contributed by atoms with E-state index in [0.29, 0.717) is 24.4 Å². The van der Waals surface area contributed by atoms with Crippen molar-refractivity contribution >= 4 is 11.9 Å². The Bertz CT molecular complexity index is 1420. The molecule has 0 N–H and O–H groups in total. The van der Waals surface area contributed by atoms with E-state index in [2.05, 4.69) is 21.6 Å². The van der Waals surface area contributed by atoms with Gasteiger partial charge >= 0.3 is 18.1 Å². The van der Waals surface area contributed by atoms with Gasteiger partial charge in [0.1, 0.15) is 17.3 Å². The maximum absolute atomic E-state index is 14.8. The van der Waals surface area contributed by atoms with Gasteiger partial charge in [-0.05, 0) is 55.7 Å². The highest BCUT2D eigenvalue weighted by atomic mass is 19.4. The number of aromatic nitrogens is 2. The first-order chi connectivity index (χ1) is 23.6. The molecule has 3 rings (SSSR count). The number of alkyl halides is 3. The molecule has 1 aromatic heterocycles. The molecule has 0 aliphatic carbocycles. The number of carbonyl (C=O) groups is 2. The number of rotatable bonds is 22. The molecule has 49 heavy (non-hydrogen) atoms. The lowest BCUT2D eigenvalue weighted by Crippen LogP contribution is -2.34. The van der Waals surface area contributed by atoms with Crippen LogP contribution in [0.2, 0.25) is 0 Å². The minimum Gasteiger partial charge on any atom is -0.494 e. The van der Waals surface area contributed by atoms with Gasteiger partial charge in [0.2, 0.25) is 0 Å². The van der Waals surface area contributed by atoms with Crippen LogP contribution in [0.25, 0.3) is 11.4 Å². The summed E-state index contributed by atoms with van der Waals surface area (Å²) in [4.78, 5) is 33.5. The molecule has 268 valence electrons. The fourth-order valence-electron chi connectivity index (χ4n) is 5.19. The number of benzene rings is 2. The Balaban J connectivity index is 1.48. The topological polar surface area (TPSA) is 87.6 Å². The van der Waals surface area contributed by atoms with E-state index in [9.17, 15) is 27.2 Å². The van der Waals surface area contributed by atoms with Crippen molar-refractivity contribution in [2.75, 3.05) is 6.61 Å². The Hall–Kier alpha value is -4.02. The summed E-state index contributed by atoms with van der Waals surface area (Å²) in [5.41, 5.74) is -0.00133. The van der Waals surface area contributed by atoms with Crippen LogP contribution < -0.4 is 9.47 Å². The average molecular weight is 689 g/mol. The summed E-state index contributed by atoms with van der Waals surface area (Å²) in [7, 11) is 0. The molecule has 7 nitrogen and oxygen atoms in total. The van der Waals surface area contributed by atoms with Crippen LogP contribution in [0.5, 0.6) is 11.5 Å². The van der Waals surface area contributed by atoms with E-state index in [-0.39, 0.29) is 17.7 Å². The molecule has 1 heterocycles. The van der Waals surface area contributed by atoms with E-state index >= 15 is 0 Å². The molecule has 0 fully saturated rings. The molecule has 0 spiro atoms. The summed E-state index contributed by atoms with van der Waals surface area (Å²) in [6, 6.07) is 10.0. The first-order valence-corrected chi connectivity index (χ1v) is 17.5. The summed E-state index contributed by atoms with van der Waals surface area (Å²) in [6.07, 6.45) is 9.35. The fraction of sp³-hybridized carbons (Fsp3) is 0.526. The number of carbonyl (C=O) groups excluding carboxylic acids is 2. The minimum absolute atomic E-state index is 0.0133. The monoisotopic (exact) mass is 688 g/mol. The van der Waals surface area contributed by atoms with Crippen molar-refractivity contribution in [3.8, 4) is 22.9 Å². The molecule has 0 radical (unpaired) electrons. The van der Waals surface area contributed by atoms with E-state index in [0.717, 1.165) is 62.5 Å². The molecule has 1 atom stereocenters. The van der Waals surface area contributed by atoms with E-state index in [4.69, 9.17) is 9.47 Å². The smallest absolute Gasteiger partial charge is 0.425 e. The second kappa shape index (κ2) is 21.1. The van der Waals surface area contributed by atoms with Crippen LogP contribution in [0, 0.1) is 5.82 Å². The summed E-state index contributed by atoms with van der Waals surface area (Å²) >= 11 is 0. The van der Waals surface area contributed by atoms with Gasteiger partial charge in [-0.2, -0.15) is 13.2 Å². The maximum atomic E-state index is 14.8. The Labute approximate surface area is 286 Å². The number of nitrogens with zero attached hydrogens (tertiary/aromatic N) is 2. The molecule has 3 aromatic rings. The SMILES string of the molecule is CCCCCCCCCCOc1ccc(-c2ncc(C(=O)Oc3ccc(C(=O)OC(CCCCCCCC)C(F)(F)F)c(F)c3)cn2)cc1. The first-order valence-electron chi connectivity index (χ1n) is 17.5. The number of hydrogen-bond donors (Lipinski definition) is 0. The molecule has 0 amide bonds. The summed E-state index contributed by atoms with van der Waals surface area (Å²) in [5.74, 6) is -2.67. The van der Waals surface area contributed by atoms with Gasteiger partial charge in [0.05, 0.1) is 17.7 Å². The lowest BCUT2D eigenvalue weighted by Gasteiger charge is -2.21. The van der Waals surface area contributed by atoms with Crippen molar-refractivity contribution < 1.29 is 41.4 Å². The van der Waals surface area contributed by atoms with Crippen LogP contribution in [0.1, 0.15) is 131 Å². The third-order valence-electron chi connectivity index (χ3n) is 8.07. The van der Waals surface area contributed by atoms with Crippen molar-refractivity contribution in [3.05, 3.63) is 71.8 Å². The molecule has 2 aromatic carbocycles. The summed E-state index contributed by atoms with van der Waals surface area (Å²) in [6.45, 7) is 4.90. The van der Waals surface area contributed by atoms with Gasteiger partial charge in [-0.1, -0.05) is 90.9 Å². The van der Waals surface area contributed by atoms with E-state index in [1.807, 2.05) is 31.2 Å². The molecule has 0 aliphatic rings. The Morgan fingerprint density at radius 2 is 1.27 bits per heavy atom. The third-order valence-corrected chi connectivity index (χ3v) is 8.07. The molecular formula is C38H48F4N2O5. The van der Waals surface area contributed by atoms with Crippen molar-refractivity contribution in [1.82, 2.24) is 9.97 Å². The lowest BCUT2D eigenvalue weighted by atomic mass is 10.1. The van der Waals surface area contributed by atoms with E-state index < -0.39 is 42.0 Å². The van der Waals surface area contributed by atoms with Crippen LogP contribution >= 0.6 is 0 Å². The highest BCUT2D eigenvalue weighted by Gasteiger charge is 2.42. The second-order valence-corrected chi connectivity index (χ2v) is 12.2. The third kappa shape index (κ3) is 14.2. The Morgan fingerprint density at radius 3 is 1.84 bits per heavy atom. The standard InChI is InChI=1S/C38H48F4N2O5/c1-3-5-7-9-11-12-14-16-24-47-30-20-18-28(19-21-30)35-43-26-29(27-44-35)36(45)48-31-22-23-32(33(39)25-31)37(46)49-34(38(40,41)42)17-15-13-10-8-6-4-2/h18-23,25-27,34H,3-17,24H2,1-2H3. The number of hydrogen-bond acceptors (Lipinski definition) is 7. The first kappa shape index (κ1) is 39.4. The van der Waals surface area contributed by atoms with Gasteiger partial charge in [-0.25, -0.2) is 23.9 Å². The lowest BCUT2D eigenvalue weighted by molar-refractivity contribution is -0.206. The van der Waals surface area contributed by atoms with Crippen molar-refractivity contribution in [2.24, 2.45) is 0 Å². The van der Waals surface area contributed by atoms with Crippen LogP contribution in [0.3, 0.4) is 0 Å².